The zero-order chi connectivity index (χ0) is 9.52. The normalized spacial score (nSPS) is 31.3. The van der Waals surface area contributed by atoms with E-state index in [0.29, 0.717) is 0 Å². The van der Waals surface area contributed by atoms with Gasteiger partial charge in [-0.2, -0.15) is 5.26 Å². The Morgan fingerprint density at radius 2 is 2.08 bits per heavy atom. The second-order valence-corrected chi connectivity index (χ2v) is 4.71. The fourth-order valence-corrected chi connectivity index (χ4v) is 1.82. The lowest BCUT2D eigenvalue weighted by molar-refractivity contribution is -0.119. The van der Waals surface area contributed by atoms with Crippen molar-refractivity contribution in [1.29, 1.82) is 5.26 Å². The van der Waals surface area contributed by atoms with Gasteiger partial charge in [-0.05, 0) is 5.41 Å². The zero-order valence-corrected chi connectivity index (χ0v) is 8.36. The number of carbonyl (C=O) groups is 1. The molecule has 0 aromatic heterocycles. The summed E-state index contributed by atoms with van der Waals surface area (Å²) in [5.41, 5.74) is -0.242. The predicted molar refractivity (Wildman–Crippen MR) is 46.9 cm³/mol. The van der Waals surface area contributed by atoms with Gasteiger partial charge >= 0.3 is 0 Å². The van der Waals surface area contributed by atoms with E-state index in [1.165, 1.54) is 0 Å². The topological polar surface area (TPSA) is 40.9 Å². The molecule has 1 fully saturated rings. The fraction of sp³-hybridized carbons (Fsp3) is 0.750. The molecule has 0 unspecified atom stereocenters. The van der Waals surface area contributed by atoms with Crippen molar-refractivity contribution < 1.29 is 4.79 Å². The second kappa shape index (κ2) is 2.90. The van der Waals surface area contributed by atoms with Crippen molar-refractivity contribution in [1.82, 2.24) is 0 Å². The molecule has 1 aliphatic rings. The first-order chi connectivity index (χ1) is 5.42. The van der Waals surface area contributed by atoms with Crippen LogP contribution in [0.3, 0.4) is 0 Å². The Morgan fingerprint density at radius 3 is 2.33 bits per heavy atom. The molecule has 66 valence electrons. The van der Waals surface area contributed by atoms with Crippen LogP contribution in [0.5, 0.6) is 0 Å². The van der Waals surface area contributed by atoms with Crippen LogP contribution in [-0.4, -0.2) is 10.6 Å². The van der Waals surface area contributed by atoms with Gasteiger partial charge in [0.1, 0.15) is 0 Å². The van der Waals surface area contributed by atoms with Gasteiger partial charge in [0.15, 0.2) is 10.6 Å². The van der Waals surface area contributed by atoms with Crippen molar-refractivity contribution >= 4 is 29.0 Å². The molecule has 0 saturated heterocycles. The van der Waals surface area contributed by atoms with E-state index in [1.807, 2.05) is 13.8 Å². The summed E-state index contributed by atoms with van der Waals surface area (Å²) in [6.45, 7) is 3.75. The van der Waals surface area contributed by atoms with Gasteiger partial charge in [0.2, 0.25) is 0 Å². The molecular formula is C8H9Cl2NO. The third kappa shape index (κ3) is 1.32. The number of nitriles is 1. The molecule has 0 N–H and O–H groups in total. The molecule has 1 rings (SSSR count). The van der Waals surface area contributed by atoms with E-state index in [-0.39, 0.29) is 23.0 Å². The number of hydrogen-bond acceptors (Lipinski definition) is 2. The number of Topliss-reactive ketones (excluding diaryl/α,β-unsaturated/α-hetero) is 1. The van der Waals surface area contributed by atoms with Crippen molar-refractivity contribution in [2.45, 2.75) is 18.7 Å². The number of halogens is 2. The van der Waals surface area contributed by atoms with Crippen LogP contribution in [0.1, 0.15) is 13.8 Å². The Balaban J connectivity index is 2.72. The van der Waals surface area contributed by atoms with E-state index in [9.17, 15) is 4.79 Å². The maximum Gasteiger partial charge on any atom is 0.170 e. The molecule has 0 spiro atoms. The van der Waals surface area contributed by atoms with Crippen molar-refractivity contribution in [3.63, 3.8) is 0 Å². The molecule has 1 aliphatic carbocycles. The third-order valence-electron chi connectivity index (χ3n) is 2.49. The zero-order valence-electron chi connectivity index (χ0n) is 6.84. The van der Waals surface area contributed by atoms with E-state index in [1.54, 1.807) is 0 Å². The molecule has 0 aromatic rings. The first-order valence-corrected chi connectivity index (χ1v) is 4.51. The number of ketones is 1. The molecule has 2 nitrogen and oxygen atoms in total. The number of carbonyl (C=O) groups excluding carboxylic acids is 1. The highest BCUT2D eigenvalue weighted by molar-refractivity contribution is 6.54. The molecule has 0 heterocycles. The average Bonchev–Trinajstić information content (AvgIpc) is 2.50. The van der Waals surface area contributed by atoms with Gasteiger partial charge in [-0.25, -0.2) is 0 Å². The lowest BCUT2D eigenvalue weighted by Crippen LogP contribution is -2.13. The minimum Gasteiger partial charge on any atom is -0.296 e. The van der Waals surface area contributed by atoms with Crippen LogP contribution in [0.15, 0.2) is 0 Å². The van der Waals surface area contributed by atoms with Crippen molar-refractivity contribution in [3.05, 3.63) is 0 Å². The largest absolute Gasteiger partial charge is 0.296 e. The molecule has 0 amide bonds. The highest BCUT2D eigenvalue weighted by atomic mass is 35.5. The van der Waals surface area contributed by atoms with E-state index in [4.69, 9.17) is 28.5 Å². The quantitative estimate of drug-likeness (QED) is 0.649. The molecule has 4 heteroatoms. The maximum absolute atomic E-state index is 11.3. The molecule has 0 bridgehead atoms. The Morgan fingerprint density at radius 1 is 1.58 bits per heavy atom. The van der Waals surface area contributed by atoms with Gasteiger partial charge in [-0.1, -0.05) is 37.0 Å². The molecule has 1 saturated carbocycles. The van der Waals surface area contributed by atoms with E-state index >= 15 is 0 Å². The Kier molecular flexibility index (Phi) is 2.38. The highest BCUT2D eigenvalue weighted by Crippen LogP contribution is 2.58. The van der Waals surface area contributed by atoms with E-state index in [2.05, 4.69) is 6.07 Å². The van der Waals surface area contributed by atoms with Crippen LogP contribution >= 0.6 is 23.2 Å². The van der Waals surface area contributed by atoms with Crippen LogP contribution in [0.4, 0.5) is 0 Å². The first kappa shape index (κ1) is 9.83. The summed E-state index contributed by atoms with van der Waals surface area (Å²) in [6, 6.07) is 2.08. The smallest absolute Gasteiger partial charge is 0.170 e. The van der Waals surface area contributed by atoms with Gasteiger partial charge in [0.25, 0.3) is 0 Å². The first-order valence-electron chi connectivity index (χ1n) is 3.64. The number of rotatable bonds is 2. The van der Waals surface area contributed by atoms with Crippen LogP contribution in [-0.2, 0) is 4.79 Å². The monoisotopic (exact) mass is 205 g/mol. The summed E-state index contributed by atoms with van der Waals surface area (Å²) in [4.78, 5) is 10.3. The fourth-order valence-electron chi connectivity index (χ4n) is 1.55. The SMILES string of the molecule is CC1(C)[C@@H](C#N)[C@@H]1C(=O)C(Cl)Cl. The Labute approximate surface area is 81.4 Å². The number of nitrogens with zero attached hydrogens (tertiary/aromatic N) is 1. The average molecular weight is 206 g/mol. The Bertz CT molecular complexity index is 254. The predicted octanol–water partition coefficient (Wildman–Crippen LogP) is 2.15. The van der Waals surface area contributed by atoms with Gasteiger partial charge in [0, 0.05) is 5.92 Å². The minimum absolute atomic E-state index is 0.218. The summed E-state index contributed by atoms with van der Waals surface area (Å²) in [5, 5.41) is 8.65. The van der Waals surface area contributed by atoms with Gasteiger partial charge in [-0.3, -0.25) is 4.79 Å². The van der Waals surface area contributed by atoms with Gasteiger partial charge in [0.05, 0.1) is 12.0 Å². The van der Waals surface area contributed by atoms with Gasteiger partial charge in [-0.15, -0.1) is 0 Å². The van der Waals surface area contributed by atoms with Gasteiger partial charge < -0.3 is 0 Å². The number of alkyl halides is 2. The lowest BCUT2D eigenvalue weighted by Gasteiger charge is -2.00. The number of hydrogen-bond donors (Lipinski definition) is 0. The highest BCUT2D eigenvalue weighted by Gasteiger charge is 2.62. The molecule has 12 heavy (non-hydrogen) atoms. The van der Waals surface area contributed by atoms with Crippen molar-refractivity contribution in [3.8, 4) is 6.07 Å². The summed E-state index contributed by atoms with van der Waals surface area (Å²) >= 11 is 10.8. The lowest BCUT2D eigenvalue weighted by atomic mass is 10.1. The molecule has 0 aliphatic heterocycles. The van der Waals surface area contributed by atoms with E-state index in [0.717, 1.165) is 0 Å². The van der Waals surface area contributed by atoms with Crippen molar-refractivity contribution in [2.24, 2.45) is 17.3 Å². The van der Waals surface area contributed by atoms with Crippen molar-refractivity contribution in [2.75, 3.05) is 0 Å². The standard InChI is InChI=1S/C8H9Cl2NO/c1-8(2)4(3-11)5(8)6(12)7(9)10/h4-5,7H,1-2H3/t4-,5+/m0/s1. The third-order valence-corrected chi connectivity index (χ3v) is 2.92. The Hall–Kier alpha value is -0.260. The van der Waals surface area contributed by atoms with Crippen LogP contribution in [0, 0.1) is 28.6 Å². The summed E-state index contributed by atoms with van der Waals surface area (Å²) in [7, 11) is 0. The molecule has 0 aromatic carbocycles. The van der Waals surface area contributed by atoms with E-state index < -0.39 is 4.84 Å². The van der Waals surface area contributed by atoms with Crippen LogP contribution in [0.2, 0.25) is 0 Å². The molecular weight excluding hydrogens is 197 g/mol. The summed E-state index contributed by atoms with van der Waals surface area (Å²) in [5.74, 6) is -0.720. The van der Waals surface area contributed by atoms with Crippen LogP contribution in [0.25, 0.3) is 0 Å². The van der Waals surface area contributed by atoms with Crippen LogP contribution < -0.4 is 0 Å². The summed E-state index contributed by atoms with van der Waals surface area (Å²) in [6.07, 6.45) is 0. The maximum atomic E-state index is 11.3. The minimum atomic E-state index is -0.993. The molecule has 2 atom stereocenters. The molecule has 0 radical (unpaired) electrons. The summed E-state index contributed by atoms with van der Waals surface area (Å²) < 4.78 is 0. The second-order valence-electron chi connectivity index (χ2n) is 3.61.